The van der Waals surface area contributed by atoms with Gasteiger partial charge in [0.15, 0.2) is 5.96 Å². The number of guanidine groups is 1. The standard InChI is InChI=1S/C16H24N6OS/c1-17-15(19-12-13-6-4-11-24-13)18-8-5-10-22-16(23)21-9-3-2-7-14(21)20-22/h4,6,11H,2-3,5,7-10,12H2,1H3,(H2,17,18,19). The summed E-state index contributed by atoms with van der Waals surface area (Å²) in [5.41, 5.74) is 0.0323. The van der Waals surface area contributed by atoms with Gasteiger partial charge in [-0.05, 0) is 30.7 Å². The van der Waals surface area contributed by atoms with Crippen LogP contribution in [0.4, 0.5) is 0 Å². The van der Waals surface area contributed by atoms with Crippen LogP contribution in [-0.4, -0.2) is 33.9 Å². The highest BCUT2D eigenvalue weighted by Gasteiger charge is 2.16. The molecular formula is C16H24N6OS. The number of nitrogens with one attached hydrogen (secondary N) is 2. The minimum atomic E-state index is 0.0323. The van der Waals surface area contributed by atoms with Crippen molar-refractivity contribution in [3.63, 3.8) is 0 Å². The van der Waals surface area contributed by atoms with Crippen LogP contribution in [0, 0.1) is 0 Å². The second-order valence-electron chi connectivity index (χ2n) is 5.82. The van der Waals surface area contributed by atoms with Crippen LogP contribution in [0.5, 0.6) is 0 Å². The van der Waals surface area contributed by atoms with Crippen molar-refractivity contribution in [2.45, 2.75) is 45.3 Å². The summed E-state index contributed by atoms with van der Waals surface area (Å²) in [4.78, 5) is 17.7. The van der Waals surface area contributed by atoms with Crippen LogP contribution in [0.15, 0.2) is 27.3 Å². The van der Waals surface area contributed by atoms with E-state index >= 15 is 0 Å². The smallest absolute Gasteiger partial charge is 0.345 e. The van der Waals surface area contributed by atoms with Crippen molar-refractivity contribution in [3.05, 3.63) is 38.7 Å². The van der Waals surface area contributed by atoms with Gasteiger partial charge in [0.2, 0.25) is 0 Å². The summed E-state index contributed by atoms with van der Waals surface area (Å²) < 4.78 is 3.42. The molecular weight excluding hydrogens is 324 g/mol. The highest BCUT2D eigenvalue weighted by atomic mass is 32.1. The number of hydrogen-bond acceptors (Lipinski definition) is 4. The van der Waals surface area contributed by atoms with Crippen molar-refractivity contribution >= 4 is 17.3 Å². The van der Waals surface area contributed by atoms with E-state index < -0.39 is 0 Å². The second kappa shape index (κ2) is 8.14. The first-order valence-corrected chi connectivity index (χ1v) is 9.29. The van der Waals surface area contributed by atoms with Crippen molar-refractivity contribution in [2.24, 2.45) is 4.99 Å². The number of fused-ring (bicyclic) bond motifs is 1. The van der Waals surface area contributed by atoms with Crippen molar-refractivity contribution in [2.75, 3.05) is 13.6 Å². The molecule has 7 nitrogen and oxygen atoms in total. The number of hydrogen-bond donors (Lipinski definition) is 2. The monoisotopic (exact) mass is 348 g/mol. The zero-order valence-electron chi connectivity index (χ0n) is 14.0. The fourth-order valence-electron chi connectivity index (χ4n) is 2.83. The molecule has 3 heterocycles. The zero-order valence-corrected chi connectivity index (χ0v) is 14.8. The van der Waals surface area contributed by atoms with E-state index in [1.807, 2.05) is 10.6 Å². The van der Waals surface area contributed by atoms with Crippen molar-refractivity contribution in [3.8, 4) is 0 Å². The van der Waals surface area contributed by atoms with Gasteiger partial charge in [0, 0.05) is 38.0 Å². The van der Waals surface area contributed by atoms with Crippen LogP contribution in [0.25, 0.3) is 0 Å². The molecule has 0 bridgehead atoms. The van der Waals surface area contributed by atoms with E-state index in [2.05, 4.69) is 32.2 Å². The Morgan fingerprint density at radius 2 is 2.33 bits per heavy atom. The SMILES string of the molecule is CN=C(NCCCn1nc2n(c1=O)CCCC2)NCc1cccs1. The Labute approximate surface area is 145 Å². The summed E-state index contributed by atoms with van der Waals surface area (Å²) in [6.45, 7) is 2.96. The Morgan fingerprint density at radius 3 is 3.08 bits per heavy atom. The normalized spacial score (nSPS) is 14.5. The molecule has 8 heteroatoms. The molecule has 0 radical (unpaired) electrons. The van der Waals surface area contributed by atoms with Gasteiger partial charge in [-0.15, -0.1) is 11.3 Å². The largest absolute Gasteiger partial charge is 0.356 e. The topological polar surface area (TPSA) is 76.2 Å². The fraction of sp³-hybridized carbons (Fsp3) is 0.562. The van der Waals surface area contributed by atoms with Crippen LogP contribution in [0.3, 0.4) is 0 Å². The van der Waals surface area contributed by atoms with E-state index in [-0.39, 0.29) is 5.69 Å². The maximum absolute atomic E-state index is 12.2. The number of aryl methyl sites for hydroxylation is 2. The molecule has 2 aromatic rings. The van der Waals surface area contributed by atoms with Gasteiger partial charge in [-0.25, -0.2) is 9.48 Å². The van der Waals surface area contributed by atoms with E-state index in [4.69, 9.17) is 0 Å². The fourth-order valence-corrected chi connectivity index (χ4v) is 3.48. The Kier molecular flexibility index (Phi) is 5.68. The maximum Gasteiger partial charge on any atom is 0.345 e. The summed E-state index contributed by atoms with van der Waals surface area (Å²) in [6, 6.07) is 4.14. The van der Waals surface area contributed by atoms with Gasteiger partial charge in [0.25, 0.3) is 0 Å². The van der Waals surface area contributed by atoms with Crippen LogP contribution in [0.1, 0.15) is 30.0 Å². The molecule has 0 aromatic carbocycles. The molecule has 0 saturated heterocycles. The summed E-state index contributed by atoms with van der Waals surface area (Å²) in [5, 5.41) is 13.1. The van der Waals surface area contributed by atoms with Gasteiger partial charge in [-0.1, -0.05) is 6.07 Å². The molecule has 130 valence electrons. The number of rotatable bonds is 6. The molecule has 0 spiro atoms. The van der Waals surface area contributed by atoms with Gasteiger partial charge in [0.05, 0.1) is 6.54 Å². The second-order valence-corrected chi connectivity index (χ2v) is 6.85. The molecule has 0 saturated carbocycles. The zero-order chi connectivity index (χ0) is 16.8. The Bertz CT molecular complexity index is 730. The third kappa shape index (κ3) is 4.05. The van der Waals surface area contributed by atoms with E-state index in [1.165, 1.54) is 4.88 Å². The Balaban J connectivity index is 1.43. The molecule has 0 aliphatic carbocycles. The molecule has 1 aliphatic rings. The molecule has 0 unspecified atom stereocenters. The average Bonchev–Trinajstić information content (AvgIpc) is 3.23. The number of nitrogens with zero attached hydrogens (tertiary/aromatic N) is 4. The highest BCUT2D eigenvalue weighted by molar-refractivity contribution is 7.09. The number of aromatic nitrogens is 3. The van der Waals surface area contributed by atoms with E-state index in [9.17, 15) is 4.79 Å². The van der Waals surface area contributed by atoms with Gasteiger partial charge in [-0.3, -0.25) is 9.56 Å². The lowest BCUT2D eigenvalue weighted by molar-refractivity contribution is 0.509. The van der Waals surface area contributed by atoms with Crippen LogP contribution in [0.2, 0.25) is 0 Å². The van der Waals surface area contributed by atoms with Crippen molar-refractivity contribution in [1.29, 1.82) is 0 Å². The predicted molar refractivity (Wildman–Crippen MR) is 96.6 cm³/mol. The van der Waals surface area contributed by atoms with Gasteiger partial charge in [0.1, 0.15) is 5.82 Å². The Morgan fingerprint density at radius 1 is 1.42 bits per heavy atom. The van der Waals surface area contributed by atoms with E-state index in [1.54, 1.807) is 23.1 Å². The molecule has 0 fully saturated rings. The van der Waals surface area contributed by atoms with Crippen molar-refractivity contribution < 1.29 is 0 Å². The summed E-state index contributed by atoms with van der Waals surface area (Å²) in [6.07, 6.45) is 3.95. The minimum Gasteiger partial charge on any atom is -0.356 e. The lowest BCUT2D eigenvalue weighted by Crippen LogP contribution is -2.37. The van der Waals surface area contributed by atoms with Gasteiger partial charge in [-0.2, -0.15) is 5.10 Å². The van der Waals surface area contributed by atoms with E-state index in [0.29, 0.717) is 6.54 Å². The first-order valence-electron chi connectivity index (χ1n) is 8.41. The number of thiophene rings is 1. The highest BCUT2D eigenvalue weighted by Crippen LogP contribution is 2.09. The first-order chi connectivity index (χ1) is 11.8. The van der Waals surface area contributed by atoms with E-state index in [0.717, 1.165) is 57.1 Å². The van der Waals surface area contributed by atoms with Crippen LogP contribution >= 0.6 is 11.3 Å². The molecule has 0 amide bonds. The molecule has 0 atom stereocenters. The van der Waals surface area contributed by atoms with Crippen LogP contribution < -0.4 is 16.3 Å². The predicted octanol–water partition coefficient (Wildman–Crippen LogP) is 1.20. The first kappa shape index (κ1) is 16.8. The quantitative estimate of drug-likeness (QED) is 0.467. The molecule has 3 rings (SSSR count). The van der Waals surface area contributed by atoms with Gasteiger partial charge >= 0.3 is 5.69 Å². The third-order valence-electron chi connectivity index (χ3n) is 4.10. The maximum atomic E-state index is 12.2. The van der Waals surface area contributed by atoms with Crippen LogP contribution in [-0.2, 0) is 26.1 Å². The summed E-state index contributed by atoms with van der Waals surface area (Å²) >= 11 is 1.72. The third-order valence-corrected chi connectivity index (χ3v) is 4.98. The lowest BCUT2D eigenvalue weighted by atomic mass is 10.2. The summed E-state index contributed by atoms with van der Waals surface area (Å²) in [5.74, 6) is 1.72. The molecule has 1 aliphatic heterocycles. The van der Waals surface area contributed by atoms with Crippen molar-refractivity contribution in [1.82, 2.24) is 25.0 Å². The Hall–Kier alpha value is -2.09. The molecule has 2 N–H and O–H groups in total. The average molecular weight is 348 g/mol. The van der Waals surface area contributed by atoms with Gasteiger partial charge < -0.3 is 10.6 Å². The number of aliphatic imine (C=N–C) groups is 1. The lowest BCUT2D eigenvalue weighted by Gasteiger charge is -2.10. The summed E-state index contributed by atoms with van der Waals surface area (Å²) in [7, 11) is 1.76. The molecule has 2 aromatic heterocycles. The molecule has 24 heavy (non-hydrogen) atoms. The minimum absolute atomic E-state index is 0.0323.